The van der Waals surface area contributed by atoms with Crippen molar-refractivity contribution in [2.75, 3.05) is 30.4 Å². The smallest absolute Gasteiger partial charge is 0.269 e. The Morgan fingerprint density at radius 1 is 1.50 bits per heavy atom. The van der Waals surface area contributed by atoms with Crippen LogP contribution in [0.15, 0.2) is 18.3 Å². The number of aromatic nitrogens is 1. The van der Waals surface area contributed by atoms with Gasteiger partial charge in [0.2, 0.25) is 0 Å². The van der Waals surface area contributed by atoms with E-state index in [1.807, 2.05) is 13.0 Å². The number of nitrogens with one attached hydrogen (secondary N) is 2. The highest BCUT2D eigenvalue weighted by Gasteiger charge is 2.08. The Morgan fingerprint density at radius 2 is 2.28 bits per heavy atom. The van der Waals surface area contributed by atoms with Crippen molar-refractivity contribution < 1.29 is 4.79 Å². The van der Waals surface area contributed by atoms with Crippen LogP contribution in [0.4, 0.5) is 5.69 Å². The van der Waals surface area contributed by atoms with Gasteiger partial charge in [0, 0.05) is 13.1 Å². The summed E-state index contributed by atoms with van der Waals surface area (Å²) in [6.07, 6.45) is 3.75. The molecule has 0 aromatic carbocycles. The van der Waals surface area contributed by atoms with Crippen LogP contribution in [0, 0.1) is 5.92 Å². The lowest BCUT2D eigenvalue weighted by molar-refractivity contribution is 0.0944. The minimum Gasteiger partial charge on any atom is -0.384 e. The van der Waals surface area contributed by atoms with E-state index < -0.39 is 0 Å². The molecule has 2 N–H and O–H groups in total. The van der Waals surface area contributed by atoms with E-state index in [2.05, 4.69) is 28.8 Å². The molecular weight excluding hydrogens is 246 g/mol. The molecular formula is C13H21N3OS. The van der Waals surface area contributed by atoms with Crippen LogP contribution in [0.3, 0.4) is 0 Å². The van der Waals surface area contributed by atoms with Gasteiger partial charge >= 0.3 is 0 Å². The van der Waals surface area contributed by atoms with Gasteiger partial charge in [-0.05, 0) is 37.0 Å². The fraction of sp³-hybridized carbons (Fsp3) is 0.538. The Hall–Kier alpha value is -1.23. The lowest BCUT2D eigenvalue weighted by Gasteiger charge is -2.11. The molecule has 0 radical (unpaired) electrons. The number of amides is 1. The predicted molar refractivity (Wildman–Crippen MR) is 78.3 cm³/mol. The predicted octanol–water partition coefficient (Wildman–Crippen LogP) is 2.24. The molecule has 0 aliphatic carbocycles. The maximum absolute atomic E-state index is 11.8. The highest BCUT2D eigenvalue weighted by atomic mass is 32.2. The second kappa shape index (κ2) is 7.97. The van der Waals surface area contributed by atoms with Crippen molar-refractivity contribution in [2.24, 2.45) is 5.92 Å². The lowest BCUT2D eigenvalue weighted by atomic mass is 10.2. The first-order valence-corrected chi connectivity index (χ1v) is 7.53. The maximum Gasteiger partial charge on any atom is 0.269 e. The highest BCUT2D eigenvalue weighted by Crippen LogP contribution is 2.06. The Labute approximate surface area is 113 Å². The van der Waals surface area contributed by atoms with Crippen LogP contribution in [0.25, 0.3) is 0 Å². The Kier molecular flexibility index (Phi) is 6.57. The average Bonchev–Trinajstić information content (AvgIpc) is 2.37. The fourth-order valence-electron chi connectivity index (χ4n) is 1.54. The lowest BCUT2D eigenvalue weighted by Crippen LogP contribution is -2.29. The summed E-state index contributed by atoms with van der Waals surface area (Å²) in [5.41, 5.74) is 1.40. The number of carbonyl (C=O) groups excluding carboxylic acids is 1. The van der Waals surface area contributed by atoms with E-state index in [9.17, 15) is 4.79 Å². The molecule has 0 spiro atoms. The number of carbonyl (C=O) groups is 1. The van der Waals surface area contributed by atoms with Gasteiger partial charge in [0.15, 0.2) is 0 Å². The summed E-state index contributed by atoms with van der Waals surface area (Å²) in [7, 11) is 0. The van der Waals surface area contributed by atoms with Crippen molar-refractivity contribution in [3.63, 3.8) is 0 Å². The van der Waals surface area contributed by atoms with Gasteiger partial charge < -0.3 is 10.6 Å². The van der Waals surface area contributed by atoms with E-state index in [-0.39, 0.29) is 5.91 Å². The van der Waals surface area contributed by atoms with E-state index in [1.54, 1.807) is 24.0 Å². The van der Waals surface area contributed by atoms with Crippen LogP contribution in [0.1, 0.15) is 24.3 Å². The van der Waals surface area contributed by atoms with Gasteiger partial charge in [0.05, 0.1) is 11.9 Å². The summed E-state index contributed by atoms with van der Waals surface area (Å²) in [6.45, 7) is 5.68. The summed E-state index contributed by atoms with van der Waals surface area (Å²) in [5, 5.41) is 6.04. The second-order valence-electron chi connectivity index (χ2n) is 4.23. The third kappa shape index (κ3) is 4.96. The zero-order chi connectivity index (χ0) is 13.4. The molecule has 18 heavy (non-hydrogen) atoms. The molecule has 1 aromatic heterocycles. The Morgan fingerprint density at radius 3 is 2.83 bits per heavy atom. The van der Waals surface area contributed by atoms with E-state index in [4.69, 9.17) is 0 Å². The molecule has 1 unspecified atom stereocenters. The summed E-state index contributed by atoms with van der Waals surface area (Å²) in [5.74, 6) is 1.42. The van der Waals surface area contributed by atoms with Crippen molar-refractivity contribution >= 4 is 23.4 Å². The van der Waals surface area contributed by atoms with Gasteiger partial charge in [-0.15, -0.1) is 0 Å². The zero-order valence-electron chi connectivity index (χ0n) is 11.2. The SMILES string of the molecule is CCNc1ccc(C(=O)NCC(C)CSC)nc1. The number of nitrogens with zero attached hydrogens (tertiary/aromatic N) is 1. The van der Waals surface area contributed by atoms with E-state index >= 15 is 0 Å². The second-order valence-corrected chi connectivity index (χ2v) is 5.14. The fourth-order valence-corrected chi connectivity index (χ4v) is 2.22. The van der Waals surface area contributed by atoms with Crippen molar-refractivity contribution in [2.45, 2.75) is 13.8 Å². The largest absolute Gasteiger partial charge is 0.384 e. The monoisotopic (exact) mass is 267 g/mol. The summed E-state index contributed by atoms with van der Waals surface area (Å²) in [4.78, 5) is 16.0. The summed E-state index contributed by atoms with van der Waals surface area (Å²) < 4.78 is 0. The summed E-state index contributed by atoms with van der Waals surface area (Å²) in [6, 6.07) is 3.61. The number of pyridine rings is 1. The Balaban J connectivity index is 2.46. The van der Waals surface area contributed by atoms with Gasteiger partial charge in [-0.2, -0.15) is 11.8 Å². The first-order valence-electron chi connectivity index (χ1n) is 6.14. The maximum atomic E-state index is 11.8. The first-order chi connectivity index (χ1) is 8.67. The molecule has 0 bridgehead atoms. The number of thioether (sulfide) groups is 1. The molecule has 1 rings (SSSR count). The van der Waals surface area contributed by atoms with Crippen molar-refractivity contribution in [1.82, 2.24) is 10.3 Å². The number of anilines is 1. The molecule has 1 heterocycles. The summed E-state index contributed by atoms with van der Waals surface area (Å²) >= 11 is 1.79. The van der Waals surface area contributed by atoms with Crippen LogP contribution < -0.4 is 10.6 Å². The van der Waals surface area contributed by atoms with Crippen LogP contribution in [0.5, 0.6) is 0 Å². The molecule has 100 valence electrons. The van der Waals surface area contributed by atoms with Gasteiger partial charge in [-0.3, -0.25) is 4.79 Å². The van der Waals surface area contributed by atoms with Crippen LogP contribution in [-0.4, -0.2) is 36.0 Å². The van der Waals surface area contributed by atoms with Crippen LogP contribution in [0.2, 0.25) is 0 Å². The molecule has 0 saturated heterocycles. The van der Waals surface area contributed by atoms with Crippen LogP contribution >= 0.6 is 11.8 Å². The van der Waals surface area contributed by atoms with Gasteiger partial charge in [0.1, 0.15) is 5.69 Å². The average molecular weight is 267 g/mol. The van der Waals surface area contributed by atoms with Crippen molar-refractivity contribution in [3.05, 3.63) is 24.0 Å². The quantitative estimate of drug-likeness (QED) is 0.795. The van der Waals surface area contributed by atoms with Crippen molar-refractivity contribution in [3.8, 4) is 0 Å². The van der Waals surface area contributed by atoms with E-state index in [0.717, 1.165) is 18.0 Å². The number of hydrogen-bond acceptors (Lipinski definition) is 4. The zero-order valence-corrected chi connectivity index (χ0v) is 12.0. The molecule has 0 fully saturated rings. The molecule has 1 atom stereocenters. The van der Waals surface area contributed by atoms with Gasteiger partial charge in [0.25, 0.3) is 5.91 Å². The third-order valence-corrected chi connectivity index (χ3v) is 3.34. The third-order valence-electron chi connectivity index (χ3n) is 2.44. The van der Waals surface area contributed by atoms with Gasteiger partial charge in [-0.1, -0.05) is 6.92 Å². The van der Waals surface area contributed by atoms with Gasteiger partial charge in [-0.25, -0.2) is 4.98 Å². The molecule has 0 aliphatic heterocycles. The number of hydrogen-bond donors (Lipinski definition) is 2. The molecule has 0 saturated carbocycles. The number of rotatable bonds is 7. The van der Waals surface area contributed by atoms with Crippen LogP contribution in [-0.2, 0) is 0 Å². The highest BCUT2D eigenvalue weighted by molar-refractivity contribution is 7.98. The minimum atomic E-state index is -0.106. The molecule has 1 aromatic rings. The van der Waals surface area contributed by atoms with E-state index in [0.29, 0.717) is 18.2 Å². The molecule has 0 aliphatic rings. The molecule has 1 amide bonds. The molecule has 4 nitrogen and oxygen atoms in total. The van der Waals surface area contributed by atoms with E-state index in [1.165, 1.54) is 0 Å². The Bertz CT molecular complexity index is 367. The minimum absolute atomic E-state index is 0.106. The first kappa shape index (κ1) is 14.8. The normalized spacial score (nSPS) is 11.9. The standard InChI is InChI=1S/C13H21N3OS/c1-4-14-11-5-6-12(15-8-11)13(17)16-7-10(2)9-18-3/h5-6,8,10,14H,4,7,9H2,1-3H3,(H,16,17). The van der Waals surface area contributed by atoms with Crippen molar-refractivity contribution in [1.29, 1.82) is 0 Å². The molecule has 5 heteroatoms. The topological polar surface area (TPSA) is 54.0 Å².